The lowest BCUT2D eigenvalue weighted by atomic mass is 9.99. The molecule has 1 heterocycles. The van der Waals surface area contributed by atoms with Gasteiger partial charge in [-0.05, 0) is 60.7 Å². The van der Waals surface area contributed by atoms with Crippen LogP contribution in [-0.2, 0) is 6.42 Å². The molecule has 6 nitrogen and oxygen atoms in total. The van der Waals surface area contributed by atoms with E-state index in [-0.39, 0.29) is 12.5 Å². The van der Waals surface area contributed by atoms with Gasteiger partial charge in [-0.3, -0.25) is 10.2 Å². The zero-order chi connectivity index (χ0) is 23.8. The molecule has 7 heteroatoms. The first-order valence-corrected chi connectivity index (χ1v) is 11.9. The Labute approximate surface area is 205 Å². The summed E-state index contributed by atoms with van der Waals surface area (Å²) >= 11 is 5.97. The Morgan fingerprint density at radius 1 is 1.06 bits per heavy atom. The van der Waals surface area contributed by atoms with E-state index >= 15 is 0 Å². The number of nitrogens with one attached hydrogen (secondary N) is 2. The summed E-state index contributed by atoms with van der Waals surface area (Å²) in [6.45, 7) is 2.39. The van der Waals surface area contributed by atoms with Gasteiger partial charge in [0.05, 0.1) is 5.69 Å². The van der Waals surface area contributed by atoms with Crippen LogP contribution in [0, 0.1) is 5.92 Å². The Balaban J connectivity index is 1.21. The molecule has 1 aliphatic heterocycles. The number of nitrogens with zero attached hydrogens (tertiary/aromatic N) is 1. The zero-order valence-electron chi connectivity index (χ0n) is 19.0. The van der Waals surface area contributed by atoms with Crippen molar-refractivity contribution in [1.82, 2.24) is 10.4 Å². The van der Waals surface area contributed by atoms with Crippen LogP contribution in [0.25, 0.3) is 0 Å². The van der Waals surface area contributed by atoms with Gasteiger partial charge in [0.2, 0.25) is 0 Å². The van der Waals surface area contributed by atoms with Crippen molar-refractivity contribution in [2.24, 2.45) is 5.92 Å². The summed E-state index contributed by atoms with van der Waals surface area (Å²) in [5.41, 5.74) is 5.76. The van der Waals surface area contributed by atoms with Gasteiger partial charge in [-0.2, -0.15) is 0 Å². The molecule has 1 fully saturated rings. The molecule has 0 aliphatic carbocycles. The maximum Gasteiger partial charge on any atom is 0.255 e. The van der Waals surface area contributed by atoms with Gasteiger partial charge < -0.3 is 15.2 Å². The number of para-hydroxylation sites is 2. The number of halogens is 1. The van der Waals surface area contributed by atoms with E-state index < -0.39 is 6.10 Å². The third-order valence-corrected chi connectivity index (χ3v) is 6.13. The minimum atomic E-state index is -0.687. The summed E-state index contributed by atoms with van der Waals surface area (Å²) in [4.78, 5) is 12.5. The second kappa shape index (κ2) is 12.0. The van der Waals surface area contributed by atoms with Gasteiger partial charge in [0.25, 0.3) is 5.91 Å². The summed E-state index contributed by atoms with van der Waals surface area (Å²) in [5, 5.41) is 16.2. The SMILES string of the molecule is O=C(Nc1ccccc1OCC(O)CNN1CC[C@@H](Cc2ccc(Cl)cc2)C1)c1ccccc1. The molecule has 0 spiro atoms. The molecule has 4 rings (SSSR count). The Kier molecular flexibility index (Phi) is 8.55. The number of carbonyl (C=O) groups is 1. The van der Waals surface area contributed by atoms with E-state index in [1.54, 1.807) is 24.3 Å². The lowest BCUT2D eigenvalue weighted by molar-refractivity contribution is 0.0817. The number of benzene rings is 3. The van der Waals surface area contributed by atoms with E-state index in [1.165, 1.54) is 5.56 Å². The number of hydrogen-bond acceptors (Lipinski definition) is 5. The van der Waals surface area contributed by atoms with E-state index in [0.29, 0.717) is 29.5 Å². The maximum absolute atomic E-state index is 12.5. The molecule has 1 aliphatic rings. The van der Waals surface area contributed by atoms with Crippen molar-refractivity contribution in [2.75, 3.05) is 31.6 Å². The molecule has 0 radical (unpaired) electrons. The fraction of sp³-hybridized carbons (Fsp3) is 0.296. The third-order valence-electron chi connectivity index (χ3n) is 5.88. The van der Waals surface area contributed by atoms with Gasteiger partial charge >= 0.3 is 0 Å². The van der Waals surface area contributed by atoms with Crippen LogP contribution in [0.4, 0.5) is 5.69 Å². The standard InChI is InChI=1S/C27H30ClN3O3/c28-23-12-10-20(11-13-23)16-21-14-15-31(18-21)29-17-24(32)19-34-26-9-5-4-8-25(26)30-27(33)22-6-2-1-3-7-22/h1-13,21,24,29,32H,14-19H2,(H,30,33)/t21-,24?/m0/s1. The van der Waals surface area contributed by atoms with E-state index in [4.69, 9.17) is 16.3 Å². The lowest BCUT2D eigenvalue weighted by Crippen LogP contribution is -2.42. The molecular formula is C27H30ClN3O3. The molecule has 0 aromatic heterocycles. The van der Waals surface area contributed by atoms with Crippen LogP contribution in [0.2, 0.25) is 5.02 Å². The number of rotatable bonds is 10. The van der Waals surface area contributed by atoms with Crippen LogP contribution in [0.5, 0.6) is 5.75 Å². The van der Waals surface area contributed by atoms with Gasteiger partial charge in [-0.15, -0.1) is 0 Å². The predicted octanol–water partition coefficient (Wildman–Crippen LogP) is 4.40. The van der Waals surface area contributed by atoms with E-state index in [0.717, 1.165) is 31.0 Å². The first kappa shape index (κ1) is 24.2. The first-order valence-electron chi connectivity index (χ1n) is 11.6. The van der Waals surface area contributed by atoms with Crippen molar-refractivity contribution in [3.8, 4) is 5.75 Å². The van der Waals surface area contributed by atoms with Crippen molar-refractivity contribution >= 4 is 23.2 Å². The highest BCUT2D eigenvalue weighted by atomic mass is 35.5. The molecular weight excluding hydrogens is 450 g/mol. The molecule has 2 atom stereocenters. The van der Waals surface area contributed by atoms with Crippen LogP contribution in [0.1, 0.15) is 22.3 Å². The molecule has 34 heavy (non-hydrogen) atoms. The summed E-state index contributed by atoms with van der Waals surface area (Å²) in [5.74, 6) is 0.887. The summed E-state index contributed by atoms with van der Waals surface area (Å²) < 4.78 is 5.83. The maximum atomic E-state index is 12.5. The van der Waals surface area contributed by atoms with Crippen molar-refractivity contribution in [3.63, 3.8) is 0 Å². The number of aliphatic hydroxyl groups excluding tert-OH is 1. The average molecular weight is 480 g/mol. The van der Waals surface area contributed by atoms with Gasteiger partial charge in [0, 0.05) is 30.2 Å². The fourth-order valence-electron chi connectivity index (χ4n) is 4.06. The summed E-state index contributed by atoms with van der Waals surface area (Å²) in [7, 11) is 0. The van der Waals surface area contributed by atoms with E-state index in [1.807, 2.05) is 42.5 Å². The van der Waals surface area contributed by atoms with Crippen LogP contribution in [0.15, 0.2) is 78.9 Å². The quantitative estimate of drug-likeness (QED) is 0.402. The molecule has 1 unspecified atom stereocenters. The predicted molar refractivity (Wildman–Crippen MR) is 135 cm³/mol. The van der Waals surface area contributed by atoms with E-state index in [9.17, 15) is 9.90 Å². The van der Waals surface area contributed by atoms with Crippen molar-refractivity contribution in [3.05, 3.63) is 95.0 Å². The summed E-state index contributed by atoms with van der Waals surface area (Å²) in [6.07, 6.45) is 1.44. The van der Waals surface area contributed by atoms with E-state index in [2.05, 4.69) is 27.9 Å². The highest BCUT2D eigenvalue weighted by Gasteiger charge is 2.23. The molecule has 1 amide bonds. The van der Waals surface area contributed by atoms with Crippen LogP contribution < -0.4 is 15.5 Å². The number of hydrazine groups is 1. The van der Waals surface area contributed by atoms with Crippen LogP contribution >= 0.6 is 11.6 Å². The molecule has 178 valence electrons. The van der Waals surface area contributed by atoms with Crippen molar-refractivity contribution in [1.29, 1.82) is 0 Å². The molecule has 0 bridgehead atoms. The Hall–Kier alpha value is -2.90. The largest absolute Gasteiger partial charge is 0.489 e. The first-order chi connectivity index (χ1) is 16.6. The Bertz CT molecular complexity index is 1060. The monoisotopic (exact) mass is 479 g/mol. The Morgan fingerprint density at radius 2 is 1.79 bits per heavy atom. The van der Waals surface area contributed by atoms with Crippen LogP contribution in [0.3, 0.4) is 0 Å². The van der Waals surface area contributed by atoms with Crippen LogP contribution in [-0.4, -0.2) is 48.4 Å². The average Bonchev–Trinajstić information content (AvgIpc) is 3.31. The molecule has 3 aromatic carbocycles. The second-order valence-electron chi connectivity index (χ2n) is 8.57. The number of carbonyl (C=O) groups excluding carboxylic acids is 1. The third kappa shape index (κ3) is 7.05. The molecule has 3 aromatic rings. The van der Waals surface area contributed by atoms with Crippen molar-refractivity contribution < 1.29 is 14.6 Å². The highest BCUT2D eigenvalue weighted by Crippen LogP contribution is 2.25. The summed E-state index contributed by atoms with van der Waals surface area (Å²) in [6, 6.07) is 24.3. The Morgan fingerprint density at radius 3 is 2.59 bits per heavy atom. The lowest BCUT2D eigenvalue weighted by Gasteiger charge is -2.21. The number of aliphatic hydroxyl groups is 1. The molecule has 0 saturated carbocycles. The van der Waals surface area contributed by atoms with Gasteiger partial charge in [-0.1, -0.05) is 54.1 Å². The zero-order valence-corrected chi connectivity index (χ0v) is 19.7. The smallest absolute Gasteiger partial charge is 0.255 e. The second-order valence-corrected chi connectivity index (χ2v) is 9.01. The van der Waals surface area contributed by atoms with Crippen molar-refractivity contribution in [2.45, 2.75) is 18.9 Å². The normalized spacial score (nSPS) is 16.8. The number of ether oxygens (including phenoxy) is 1. The fourth-order valence-corrected chi connectivity index (χ4v) is 4.18. The van der Waals surface area contributed by atoms with Gasteiger partial charge in [0.1, 0.15) is 18.5 Å². The highest BCUT2D eigenvalue weighted by molar-refractivity contribution is 6.30. The minimum absolute atomic E-state index is 0.118. The molecule has 1 saturated heterocycles. The number of amides is 1. The molecule has 3 N–H and O–H groups in total. The topological polar surface area (TPSA) is 73.8 Å². The van der Waals surface area contributed by atoms with Gasteiger partial charge in [-0.25, -0.2) is 5.01 Å². The number of anilines is 1. The van der Waals surface area contributed by atoms with Gasteiger partial charge in [0.15, 0.2) is 0 Å². The minimum Gasteiger partial charge on any atom is -0.489 e. The number of hydrogen-bond donors (Lipinski definition) is 3.